The molecule has 0 saturated carbocycles. The van der Waals surface area contributed by atoms with Crippen LogP contribution >= 0.6 is 0 Å². The van der Waals surface area contributed by atoms with E-state index in [1.165, 1.54) is 29.1 Å². The van der Waals surface area contributed by atoms with Crippen LogP contribution in [-0.2, 0) is 16.6 Å². The van der Waals surface area contributed by atoms with Crippen molar-refractivity contribution in [1.29, 1.82) is 0 Å². The Balaban J connectivity index is 1.84. The largest absolute Gasteiger partial charge is 0.503 e. The fraction of sp³-hybridized carbons (Fsp3) is 0.0526. The van der Waals surface area contributed by atoms with Gasteiger partial charge < -0.3 is 14.8 Å². The molecule has 0 aliphatic heterocycles. The van der Waals surface area contributed by atoms with Crippen LogP contribution in [-0.4, -0.2) is 29.2 Å². The zero-order chi connectivity index (χ0) is 20.5. The van der Waals surface area contributed by atoms with Gasteiger partial charge in [0.05, 0.1) is 11.1 Å². The van der Waals surface area contributed by atoms with E-state index in [1.54, 1.807) is 24.3 Å². The molecule has 9 heteroatoms. The number of carboxylic acids is 1. The number of pyridine rings is 1. The van der Waals surface area contributed by atoms with Gasteiger partial charge in [-0.1, -0.05) is 36.4 Å². The second-order valence-electron chi connectivity index (χ2n) is 6.13. The highest BCUT2D eigenvalue weighted by Crippen LogP contribution is 2.22. The average molecular weight is 400 g/mol. The molecule has 144 valence electrons. The maximum atomic E-state index is 11.6. The zero-order valence-corrected chi connectivity index (χ0v) is 15.3. The summed E-state index contributed by atoms with van der Waals surface area (Å²) in [6.45, 7) is 0.249. The fourth-order valence-corrected chi connectivity index (χ4v) is 3.22. The fourth-order valence-electron chi connectivity index (χ4n) is 2.71. The first kappa shape index (κ1) is 19.3. The Kier molecular flexibility index (Phi) is 5.04. The number of aromatic hydroxyl groups is 1. The first-order chi connectivity index (χ1) is 13.1. The molecule has 3 rings (SSSR count). The van der Waals surface area contributed by atoms with E-state index in [0.717, 1.165) is 16.7 Å². The summed E-state index contributed by atoms with van der Waals surface area (Å²) >= 11 is 0. The number of hydrogen-bond acceptors (Lipinski definition) is 5. The Morgan fingerprint density at radius 3 is 2.00 bits per heavy atom. The van der Waals surface area contributed by atoms with Crippen molar-refractivity contribution in [1.82, 2.24) is 4.57 Å². The normalized spacial score (nSPS) is 11.3. The predicted molar refractivity (Wildman–Crippen MR) is 102 cm³/mol. The molecule has 0 bridgehead atoms. The lowest BCUT2D eigenvalue weighted by Crippen LogP contribution is -2.17. The van der Waals surface area contributed by atoms with Crippen molar-refractivity contribution in [3.63, 3.8) is 0 Å². The van der Waals surface area contributed by atoms with E-state index in [-0.39, 0.29) is 11.4 Å². The molecule has 2 aromatic carbocycles. The van der Waals surface area contributed by atoms with Gasteiger partial charge in [0, 0.05) is 12.7 Å². The van der Waals surface area contributed by atoms with Crippen LogP contribution in [0.3, 0.4) is 0 Å². The van der Waals surface area contributed by atoms with Gasteiger partial charge in [-0.2, -0.15) is 0 Å². The van der Waals surface area contributed by atoms with E-state index >= 15 is 0 Å². The van der Waals surface area contributed by atoms with Crippen LogP contribution in [0.15, 0.2) is 70.6 Å². The van der Waals surface area contributed by atoms with Gasteiger partial charge >= 0.3 is 5.97 Å². The molecule has 0 aliphatic carbocycles. The number of primary sulfonamides is 1. The quantitative estimate of drug-likeness (QED) is 0.594. The van der Waals surface area contributed by atoms with E-state index < -0.39 is 32.7 Å². The summed E-state index contributed by atoms with van der Waals surface area (Å²) in [5.74, 6) is -2.04. The summed E-state index contributed by atoms with van der Waals surface area (Å²) in [4.78, 5) is 22.7. The first-order valence-electron chi connectivity index (χ1n) is 8.03. The molecule has 0 atom stereocenters. The van der Waals surface area contributed by atoms with Crippen molar-refractivity contribution < 1.29 is 23.4 Å². The van der Waals surface area contributed by atoms with Crippen molar-refractivity contribution in [2.75, 3.05) is 0 Å². The van der Waals surface area contributed by atoms with Gasteiger partial charge in [0.1, 0.15) is 5.56 Å². The standard InChI is InChI=1S/C19H16N2O6S/c20-28(26,27)15-7-5-14(6-8-15)13-3-1-12(2-4-13)9-21-10-16(19(24)25)18(23)17(22)11-21/h1-8,10-11,22H,9H2,(H,24,25)(H2,20,26,27). The number of benzene rings is 2. The Morgan fingerprint density at radius 1 is 0.964 bits per heavy atom. The minimum absolute atomic E-state index is 0.0279. The zero-order valence-electron chi connectivity index (χ0n) is 14.4. The second-order valence-corrected chi connectivity index (χ2v) is 7.69. The first-order valence-corrected chi connectivity index (χ1v) is 9.58. The van der Waals surface area contributed by atoms with Crippen LogP contribution in [0.2, 0.25) is 0 Å². The number of hydrogen-bond donors (Lipinski definition) is 3. The topological polar surface area (TPSA) is 140 Å². The van der Waals surface area contributed by atoms with Gasteiger partial charge in [-0.15, -0.1) is 0 Å². The number of carbonyl (C=O) groups is 1. The van der Waals surface area contributed by atoms with Gasteiger partial charge in [0.15, 0.2) is 5.75 Å². The van der Waals surface area contributed by atoms with Gasteiger partial charge in [-0.3, -0.25) is 4.79 Å². The summed E-state index contributed by atoms with van der Waals surface area (Å²) in [7, 11) is -3.75. The van der Waals surface area contributed by atoms with Gasteiger partial charge in [-0.25, -0.2) is 18.4 Å². The van der Waals surface area contributed by atoms with Crippen molar-refractivity contribution in [2.24, 2.45) is 5.14 Å². The van der Waals surface area contributed by atoms with Crippen LogP contribution in [0.25, 0.3) is 11.1 Å². The van der Waals surface area contributed by atoms with Crippen molar-refractivity contribution in [2.45, 2.75) is 11.4 Å². The molecule has 28 heavy (non-hydrogen) atoms. The van der Waals surface area contributed by atoms with Crippen molar-refractivity contribution in [3.05, 3.63) is 82.3 Å². The average Bonchev–Trinajstić information content (AvgIpc) is 2.64. The Labute approximate surface area is 160 Å². The molecule has 0 amide bonds. The molecular weight excluding hydrogens is 384 g/mol. The van der Waals surface area contributed by atoms with Gasteiger partial charge in [0.25, 0.3) is 0 Å². The molecule has 0 aliphatic rings. The lowest BCUT2D eigenvalue weighted by atomic mass is 10.0. The number of nitrogens with two attached hydrogens (primary N) is 1. The molecular formula is C19H16N2O6S. The molecule has 4 N–H and O–H groups in total. The van der Waals surface area contributed by atoms with Crippen LogP contribution in [0.5, 0.6) is 5.75 Å². The van der Waals surface area contributed by atoms with E-state index in [1.807, 2.05) is 12.1 Å². The summed E-state index contributed by atoms with van der Waals surface area (Å²) in [5.41, 5.74) is 1.02. The van der Waals surface area contributed by atoms with Gasteiger partial charge in [0.2, 0.25) is 15.5 Å². The lowest BCUT2D eigenvalue weighted by Gasteiger charge is -2.10. The Morgan fingerprint density at radius 2 is 1.50 bits per heavy atom. The number of carboxylic acid groups (broad SMARTS) is 1. The number of aromatic nitrogens is 1. The summed E-state index contributed by atoms with van der Waals surface area (Å²) in [6.07, 6.45) is 2.35. The highest BCUT2D eigenvalue weighted by molar-refractivity contribution is 7.89. The monoisotopic (exact) mass is 400 g/mol. The van der Waals surface area contributed by atoms with E-state index in [2.05, 4.69) is 0 Å². The minimum Gasteiger partial charge on any atom is -0.503 e. The van der Waals surface area contributed by atoms with Crippen LogP contribution in [0, 0.1) is 0 Å². The molecule has 3 aromatic rings. The molecule has 0 unspecified atom stereocenters. The number of sulfonamides is 1. The third kappa shape index (κ3) is 4.11. The van der Waals surface area contributed by atoms with Crippen LogP contribution < -0.4 is 10.6 Å². The highest BCUT2D eigenvalue weighted by atomic mass is 32.2. The van der Waals surface area contributed by atoms with Crippen LogP contribution in [0.4, 0.5) is 0 Å². The van der Waals surface area contributed by atoms with E-state index in [4.69, 9.17) is 10.2 Å². The van der Waals surface area contributed by atoms with E-state index in [0.29, 0.717) is 0 Å². The third-order valence-electron chi connectivity index (χ3n) is 4.13. The maximum Gasteiger partial charge on any atom is 0.341 e. The molecule has 1 aromatic heterocycles. The van der Waals surface area contributed by atoms with E-state index in [9.17, 15) is 23.1 Å². The predicted octanol–water partition coefficient (Wildman–Crippen LogP) is 1.61. The summed E-state index contributed by atoms with van der Waals surface area (Å²) < 4.78 is 24.0. The van der Waals surface area contributed by atoms with Crippen molar-refractivity contribution in [3.8, 4) is 16.9 Å². The summed E-state index contributed by atoms with van der Waals surface area (Å²) in [5, 5.41) is 23.8. The molecule has 0 radical (unpaired) electrons. The van der Waals surface area contributed by atoms with Gasteiger partial charge in [-0.05, 0) is 28.8 Å². The highest BCUT2D eigenvalue weighted by Gasteiger charge is 2.13. The molecule has 0 fully saturated rings. The molecule has 8 nitrogen and oxygen atoms in total. The SMILES string of the molecule is NS(=O)(=O)c1ccc(-c2ccc(Cn3cc(O)c(=O)c(C(=O)O)c3)cc2)cc1. The molecule has 0 saturated heterocycles. The second kappa shape index (κ2) is 7.29. The Bertz CT molecular complexity index is 1200. The molecule has 1 heterocycles. The Hall–Kier alpha value is -3.43. The summed E-state index contributed by atoms with van der Waals surface area (Å²) in [6, 6.07) is 13.4. The number of nitrogens with zero attached hydrogens (tertiary/aromatic N) is 1. The van der Waals surface area contributed by atoms with Crippen molar-refractivity contribution >= 4 is 16.0 Å². The smallest absolute Gasteiger partial charge is 0.341 e. The third-order valence-corrected chi connectivity index (χ3v) is 5.06. The van der Waals surface area contributed by atoms with Crippen LogP contribution in [0.1, 0.15) is 15.9 Å². The minimum atomic E-state index is -3.75. The molecule has 0 spiro atoms. The number of aromatic carboxylic acids is 1. The lowest BCUT2D eigenvalue weighted by molar-refractivity contribution is 0.0693. The maximum absolute atomic E-state index is 11.6. The number of rotatable bonds is 5.